The van der Waals surface area contributed by atoms with Gasteiger partial charge >= 0.3 is 5.97 Å². The van der Waals surface area contributed by atoms with Gasteiger partial charge in [-0.3, -0.25) is 4.79 Å². The van der Waals surface area contributed by atoms with E-state index in [0.29, 0.717) is 11.1 Å². The number of carbonyl (C=O) groups excluding carboxylic acids is 1. The smallest absolute Gasteiger partial charge is 0.328 e. The average molecular weight is 281 g/mol. The molecule has 0 bridgehead atoms. The molecule has 2 aromatic rings. The Bertz CT molecular complexity index is 705. The fourth-order valence-electron chi connectivity index (χ4n) is 1.88. The molecule has 2 N–H and O–H groups in total. The van der Waals surface area contributed by atoms with Gasteiger partial charge in [0.25, 0.3) is 5.91 Å². The minimum atomic E-state index is -1.02. The molecule has 0 atom stereocenters. The SMILES string of the molecule is Cc1cccc(NC(=O)c2cccc(C=CC(=O)O)c2)c1. The lowest BCUT2D eigenvalue weighted by Gasteiger charge is -2.06. The van der Waals surface area contributed by atoms with Gasteiger partial charge in [-0.1, -0.05) is 24.3 Å². The van der Waals surface area contributed by atoms with Crippen molar-refractivity contribution in [2.24, 2.45) is 0 Å². The van der Waals surface area contributed by atoms with Gasteiger partial charge in [0.15, 0.2) is 0 Å². The molecule has 2 aromatic carbocycles. The zero-order valence-electron chi connectivity index (χ0n) is 11.5. The lowest BCUT2D eigenvalue weighted by molar-refractivity contribution is -0.131. The quantitative estimate of drug-likeness (QED) is 0.845. The summed E-state index contributed by atoms with van der Waals surface area (Å²) < 4.78 is 0. The molecule has 0 fully saturated rings. The van der Waals surface area contributed by atoms with Crippen molar-refractivity contribution < 1.29 is 14.7 Å². The van der Waals surface area contributed by atoms with Gasteiger partial charge in [-0.25, -0.2) is 4.79 Å². The van der Waals surface area contributed by atoms with Crippen LogP contribution in [0.25, 0.3) is 6.08 Å². The lowest BCUT2D eigenvalue weighted by atomic mass is 10.1. The Morgan fingerprint density at radius 3 is 2.57 bits per heavy atom. The van der Waals surface area contributed by atoms with Crippen molar-refractivity contribution >= 4 is 23.6 Å². The number of nitrogens with one attached hydrogen (secondary N) is 1. The molecule has 4 nitrogen and oxygen atoms in total. The Balaban J connectivity index is 2.16. The first-order valence-corrected chi connectivity index (χ1v) is 6.44. The standard InChI is InChI=1S/C17H15NO3/c1-12-4-2-7-15(10-12)18-17(21)14-6-3-5-13(11-14)8-9-16(19)20/h2-11H,1H3,(H,18,21)(H,19,20). The molecule has 0 unspecified atom stereocenters. The molecule has 0 saturated heterocycles. The number of benzene rings is 2. The van der Waals surface area contributed by atoms with Crippen molar-refractivity contribution in [1.29, 1.82) is 0 Å². The van der Waals surface area contributed by atoms with Crippen LogP contribution in [-0.2, 0) is 4.79 Å². The van der Waals surface area contributed by atoms with Gasteiger partial charge in [0, 0.05) is 17.3 Å². The van der Waals surface area contributed by atoms with Crippen LogP contribution in [0.1, 0.15) is 21.5 Å². The summed E-state index contributed by atoms with van der Waals surface area (Å²) in [6.07, 6.45) is 2.49. The zero-order chi connectivity index (χ0) is 15.2. The second-order valence-electron chi connectivity index (χ2n) is 4.62. The average Bonchev–Trinajstić information content (AvgIpc) is 2.45. The fraction of sp³-hybridized carbons (Fsp3) is 0.0588. The van der Waals surface area contributed by atoms with E-state index in [0.717, 1.165) is 17.3 Å². The summed E-state index contributed by atoms with van der Waals surface area (Å²) in [5.41, 5.74) is 2.93. The molecule has 2 rings (SSSR count). The number of aryl methyl sites for hydroxylation is 1. The summed E-state index contributed by atoms with van der Waals surface area (Å²) in [6.45, 7) is 1.95. The Morgan fingerprint density at radius 1 is 1.10 bits per heavy atom. The van der Waals surface area contributed by atoms with Crippen LogP contribution in [-0.4, -0.2) is 17.0 Å². The van der Waals surface area contributed by atoms with Crippen molar-refractivity contribution in [1.82, 2.24) is 0 Å². The summed E-state index contributed by atoms with van der Waals surface area (Å²) in [4.78, 5) is 22.7. The van der Waals surface area contributed by atoms with E-state index in [4.69, 9.17) is 5.11 Å². The first kappa shape index (κ1) is 14.5. The fourth-order valence-corrected chi connectivity index (χ4v) is 1.88. The highest BCUT2D eigenvalue weighted by Gasteiger charge is 2.06. The third-order valence-electron chi connectivity index (χ3n) is 2.84. The second kappa shape index (κ2) is 6.52. The molecule has 4 heteroatoms. The number of carbonyl (C=O) groups is 2. The lowest BCUT2D eigenvalue weighted by Crippen LogP contribution is -2.11. The van der Waals surface area contributed by atoms with Gasteiger partial charge in [-0.05, 0) is 48.4 Å². The molecule has 1 amide bonds. The molecular formula is C17H15NO3. The van der Waals surface area contributed by atoms with Crippen molar-refractivity contribution in [2.75, 3.05) is 5.32 Å². The van der Waals surface area contributed by atoms with E-state index in [9.17, 15) is 9.59 Å². The van der Waals surface area contributed by atoms with Gasteiger partial charge in [0.1, 0.15) is 0 Å². The molecule has 0 aliphatic heterocycles. The van der Waals surface area contributed by atoms with E-state index in [1.807, 2.05) is 31.2 Å². The summed E-state index contributed by atoms with van der Waals surface area (Å²) in [6, 6.07) is 14.3. The summed E-state index contributed by atoms with van der Waals surface area (Å²) >= 11 is 0. The molecule has 0 aromatic heterocycles. The number of amides is 1. The van der Waals surface area contributed by atoms with Crippen molar-refractivity contribution in [3.63, 3.8) is 0 Å². The molecule has 21 heavy (non-hydrogen) atoms. The van der Waals surface area contributed by atoms with E-state index < -0.39 is 5.97 Å². The van der Waals surface area contributed by atoms with Crippen LogP contribution in [0.2, 0.25) is 0 Å². The molecule has 0 aliphatic carbocycles. The van der Waals surface area contributed by atoms with Gasteiger partial charge in [-0.15, -0.1) is 0 Å². The first-order chi connectivity index (χ1) is 10.0. The Kier molecular flexibility index (Phi) is 4.51. The monoisotopic (exact) mass is 281 g/mol. The number of anilines is 1. The topological polar surface area (TPSA) is 66.4 Å². The van der Waals surface area contributed by atoms with Crippen LogP contribution in [0.5, 0.6) is 0 Å². The Hall–Kier alpha value is -2.88. The van der Waals surface area contributed by atoms with Gasteiger partial charge in [0.2, 0.25) is 0 Å². The summed E-state index contributed by atoms with van der Waals surface area (Å²) in [7, 11) is 0. The maximum Gasteiger partial charge on any atom is 0.328 e. The third kappa shape index (κ3) is 4.31. The van der Waals surface area contributed by atoms with Gasteiger partial charge in [0.05, 0.1) is 0 Å². The van der Waals surface area contributed by atoms with Crippen LogP contribution in [0.3, 0.4) is 0 Å². The first-order valence-electron chi connectivity index (χ1n) is 6.44. The molecule has 0 saturated carbocycles. The van der Waals surface area contributed by atoms with Crippen molar-refractivity contribution in [2.45, 2.75) is 6.92 Å². The minimum absolute atomic E-state index is 0.230. The van der Waals surface area contributed by atoms with Crippen LogP contribution < -0.4 is 5.32 Å². The Labute approximate surface area is 122 Å². The number of aliphatic carboxylic acids is 1. The number of rotatable bonds is 4. The predicted molar refractivity (Wildman–Crippen MR) is 82.2 cm³/mol. The highest BCUT2D eigenvalue weighted by molar-refractivity contribution is 6.04. The van der Waals surface area contributed by atoms with Crippen molar-refractivity contribution in [3.8, 4) is 0 Å². The van der Waals surface area contributed by atoms with Crippen molar-refractivity contribution in [3.05, 3.63) is 71.3 Å². The molecule has 0 spiro atoms. The van der Waals surface area contributed by atoms with Crippen LogP contribution >= 0.6 is 0 Å². The zero-order valence-corrected chi connectivity index (χ0v) is 11.5. The van der Waals surface area contributed by atoms with Gasteiger partial charge < -0.3 is 10.4 Å². The predicted octanol–water partition coefficient (Wildman–Crippen LogP) is 3.35. The van der Waals surface area contributed by atoms with Gasteiger partial charge in [-0.2, -0.15) is 0 Å². The number of carboxylic acid groups (broad SMARTS) is 1. The molecule has 0 aliphatic rings. The molecular weight excluding hydrogens is 266 g/mol. The maximum absolute atomic E-state index is 12.2. The number of hydrogen-bond acceptors (Lipinski definition) is 2. The van der Waals surface area contributed by atoms with E-state index >= 15 is 0 Å². The largest absolute Gasteiger partial charge is 0.478 e. The normalized spacial score (nSPS) is 10.5. The van der Waals surface area contributed by atoms with E-state index in [-0.39, 0.29) is 5.91 Å². The number of hydrogen-bond donors (Lipinski definition) is 2. The Morgan fingerprint density at radius 2 is 1.86 bits per heavy atom. The molecule has 0 radical (unpaired) electrons. The minimum Gasteiger partial charge on any atom is -0.478 e. The highest BCUT2D eigenvalue weighted by atomic mass is 16.4. The second-order valence-corrected chi connectivity index (χ2v) is 4.62. The van der Waals surface area contributed by atoms with E-state index in [1.165, 1.54) is 6.08 Å². The molecule has 0 heterocycles. The van der Waals surface area contributed by atoms with Crippen LogP contribution in [0.15, 0.2) is 54.6 Å². The summed E-state index contributed by atoms with van der Waals surface area (Å²) in [5.74, 6) is -1.25. The van der Waals surface area contributed by atoms with Crippen LogP contribution in [0, 0.1) is 6.92 Å². The maximum atomic E-state index is 12.2. The summed E-state index contributed by atoms with van der Waals surface area (Å²) in [5, 5.41) is 11.4. The van der Waals surface area contributed by atoms with Crippen LogP contribution in [0.4, 0.5) is 5.69 Å². The van der Waals surface area contributed by atoms with E-state index in [2.05, 4.69) is 5.32 Å². The highest BCUT2D eigenvalue weighted by Crippen LogP contribution is 2.13. The number of carboxylic acids is 1. The third-order valence-corrected chi connectivity index (χ3v) is 2.84. The molecule has 106 valence electrons. The van der Waals surface area contributed by atoms with E-state index in [1.54, 1.807) is 24.3 Å².